The molecule has 3 N–H and O–H groups in total. The number of carbonyl (C=O) groups excluding carboxylic acids is 6. The van der Waals surface area contributed by atoms with Crippen molar-refractivity contribution in [3.05, 3.63) is 113 Å². The van der Waals surface area contributed by atoms with Gasteiger partial charge in [0.05, 0.1) is 62.0 Å². The van der Waals surface area contributed by atoms with Crippen LogP contribution in [0.3, 0.4) is 0 Å². The van der Waals surface area contributed by atoms with Gasteiger partial charge in [0.15, 0.2) is 11.4 Å². The van der Waals surface area contributed by atoms with Gasteiger partial charge in [-0.25, -0.2) is 37.9 Å². The average molecular weight is 1120 g/mol. The van der Waals surface area contributed by atoms with Crippen LogP contribution in [0.25, 0.3) is 22.4 Å². The summed E-state index contributed by atoms with van der Waals surface area (Å²) in [4.78, 5) is 80.6. The highest BCUT2D eigenvalue weighted by Crippen LogP contribution is 2.37. The van der Waals surface area contributed by atoms with Crippen molar-refractivity contribution >= 4 is 87.1 Å². The summed E-state index contributed by atoms with van der Waals surface area (Å²) < 4.78 is 66.0. The number of carbonyl (C=O) groups is 6. The first kappa shape index (κ1) is 57.8. The number of ether oxygens (including phenoxy) is 4. The molecule has 3 fully saturated rings. The number of anilines is 2. The van der Waals surface area contributed by atoms with Gasteiger partial charge >= 0.3 is 31.2 Å². The summed E-state index contributed by atoms with van der Waals surface area (Å²) in [7, 11) is 0.182. The molecule has 0 radical (unpaired) electrons. The highest BCUT2D eigenvalue weighted by molar-refractivity contribution is 9.10. The number of hydrogen-bond acceptors (Lipinski definition) is 15. The van der Waals surface area contributed by atoms with Crippen LogP contribution in [0.5, 0.6) is 0 Å². The summed E-state index contributed by atoms with van der Waals surface area (Å²) in [6.07, 6.45) is 4.52. The molecule has 3 saturated heterocycles. The van der Waals surface area contributed by atoms with Crippen molar-refractivity contribution in [1.29, 1.82) is 0 Å². The zero-order valence-electron chi connectivity index (χ0n) is 43.2. The van der Waals surface area contributed by atoms with Crippen LogP contribution in [0.1, 0.15) is 76.4 Å². The van der Waals surface area contributed by atoms with Crippen LogP contribution < -0.4 is 25.9 Å². The minimum Gasteiger partial charge on any atom is -0.461 e. The lowest BCUT2D eigenvalue weighted by Gasteiger charge is -2.32. The van der Waals surface area contributed by atoms with Crippen LogP contribution in [0.2, 0.25) is 0 Å². The van der Waals surface area contributed by atoms with Crippen molar-refractivity contribution in [2.45, 2.75) is 78.8 Å². The fourth-order valence-corrected chi connectivity index (χ4v) is 8.02. The number of aromatic nitrogens is 4. The first-order chi connectivity index (χ1) is 36.1. The Morgan fingerprint density at radius 3 is 1.62 bits per heavy atom. The smallest absolute Gasteiger partial charge is 0.461 e. The molecule has 21 nitrogen and oxygen atoms in total. The Morgan fingerprint density at radius 2 is 1.16 bits per heavy atom. The van der Waals surface area contributed by atoms with E-state index >= 15 is 0 Å². The topological polar surface area (TPSA) is 243 Å². The van der Waals surface area contributed by atoms with E-state index in [1.54, 1.807) is 71.4 Å². The van der Waals surface area contributed by atoms with Crippen LogP contribution >= 0.6 is 15.9 Å². The highest BCUT2D eigenvalue weighted by Gasteiger charge is 2.52. The third-order valence-electron chi connectivity index (χ3n) is 12.1. The molecule has 2 aromatic carbocycles. The van der Waals surface area contributed by atoms with Crippen LogP contribution in [0, 0.1) is 11.6 Å². The number of cyclic esters (lactones) is 2. The van der Waals surface area contributed by atoms with Gasteiger partial charge in [-0.1, -0.05) is 6.07 Å². The molecule has 25 heteroatoms. The van der Waals surface area contributed by atoms with E-state index in [0.29, 0.717) is 40.4 Å². The average Bonchev–Trinajstić information content (AvgIpc) is 4.20. The van der Waals surface area contributed by atoms with Gasteiger partial charge < -0.3 is 52.8 Å². The third-order valence-corrected chi connectivity index (χ3v) is 12.6. The molecule has 3 aliphatic heterocycles. The fraction of sp³-hybridized carbons (Fsp3) is 0.373. The van der Waals surface area contributed by atoms with Gasteiger partial charge in [-0.3, -0.25) is 19.4 Å². The number of nitrogens with zero attached hydrogens (tertiary/aromatic N) is 6. The highest BCUT2D eigenvalue weighted by atomic mass is 79.9. The summed E-state index contributed by atoms with van der Waals surface area (Å²) >= 11 is 3.34. The molecule has 0 saturated carbocycles. The lowest BCUT2D eigenvalue weighted by atomic mass is 9.78. The SMILES string of the molecule is CC(=O)NC[C@H]1CN(c2ccc(B3OC(C)(C)C(C)(C)O3)c(F)c2)C(=O)O1.CCOC(=O)c1cn2cc(-c3ccc(N4C[C@H](CNC(C)=O)OC4=O)cc3F)ccc2n1.CCOC(=O)c1cn2cc(Br)ccc2n1.CO. The molecular weight excluding hydrogens is 1060 g/mol. The zero-order chi connectivity index (χ0) is 55.6. The molecule has 0 aliphatic carbocycles. The predicted octanol–water partition coefficient (Wildman–Crippen LogP) is 6.25. The second kappa shape index (κ2) is 24.9. The Balaban J connectivity index is 0.000000192. The Bertz CT molecular complexity index is 3100. The molecule has 6 aromatic rings. The van der Waals surface area contributed by atoms with Gasteiger partial charge in [0.1, 0.15) is 35.1 Å². The first-order valence-corrected chi connectivity index (χ1v) is 24.7. The van der Waals surface area contributed by atoms with Crippen molar-refractivity contribution in [3.8, 4) is 11.1 Å². The molecule has 404 valence electrons. The van der Waals surface area contributed by atoms with E-state index in [2.05, 4.69) is 36.5 Å². The van der Waals surface area contributed by atoms with E-state index in [-0.39, 0.29) is 55.8 Å². The maximum absolute atomic E-state index is 15.0. The normalized spacial score (nSPS) is 17.1. The van der Waals surface area contributed by atoms with Crippen LogP contribution in [0.4, 0.5) is 29.7 Å². The van der Waals surface area contributed by atoms with E-state index in [9.17, 15) is 37.5 Å². The first-order valence-electron chi connectivity index (χ1n) is 23.9. The summed E-state index contributed by atoms with van der Waals surface area (Å²) in [5.74, 6) is -2.39. The predicted molar refractivity (Wildman–Crippen MR) is 278 cm³/mol. The third kappa shape index (κ3) is 13.9. The van der Waals surface area contributed by atoms with Crippen molar-refractivity contribution in [2.75, 3.05) is 56.3 Å². The number of halogens is 3. The standard InChI is InChI=1S/C22H21FN4O5.C18H24BFN2O5.C10H9BrN2O2.CH4O/c1-3-31-21(29)19-12-26-10-14(4-7-20(26)25-19)17-6-5-15(8-18(17)23)27-11-16(32-22(27)30)9-24-13(2)28;1-11(23)21-9-13-10-22(16(24)25-13)12-6-7-14(15(20)8-12)19-26-17(2,3)18(4,5)27-19;1-2-15-10(14)8-6-13-5-7(11)3-4-9(13)12-8;1-2/h4-8,10,12,16H,3,9,11H2,1-2H3,(H,24,28);6-8,13H,9-10H2,1-5H3,(H,21,23);3-6H,2H2,1H3;2H,1H3/t16-;13-;;/m00../s1. The summed E-state index contributed by atoms with van der Waals surface area (Å²) in [6.45, 7) is 15.3. The van der Waals surface area contributed by atoms with Gasteiger partial charge in [-0.05, 0) is 112 Å². The minimum absolute atomic E-state index is 0.168. The van der Waals surface area contributed by atoms with E-state index in [0.717, 1.165) is 17.2 Å². The van der Waals surface area contributed by atoms with E-state index in [1.807, 2.05) is 46.0 Å². The summed E-state index contributed by atoms with van der Waals surface area (Å²) in [5.41, 5.74) is 2.51. The lowest BCUT2D eigenvalue weighted by Crippen LogP contribution is -2.41. The van der Waals surface area contributed by atoms with Gasteiger partial charge in [-0.2, -0.15) is 0 Å². The van der Waals surface area contributed by atoms with Gasteiger partial charge in [0.25, 0.3) is 0 Å². The molecule has 76 heavy (non-hydrogen) atoms. The number of aliphatic hydroxyl groups excluding tert-OH is 1. The summed E-state index contributed by atoms with van der Waals surface area (Å²) in [6, 6.07) is 16.0. The molecule has 2 atom stereocenters. The number of imidazole rings is 2. The Hall–Kier alpha value is -7.48. The van der Waals surface area contributed by atoms with E-state index < -0.39 is 66.3 Å². The number of fused-ring (bicyclic) bond motifs is 2. The summed E-state index contributed by atoms with van der Waals surface area (Å²) in [5, 5.41) is 12.2. The molecule has 3 aliphatic rings. The van der Waals surface area contributed by atoms with Gasteiger partial charge in [0, 0.05) is 66.8 Å². The van der Waals surface area contributed by atoms with Crippen molar-refractivity contribution < 1.29 is 70.9 Å². The largest absolute Gasteiger partial charge is 0.497 e. The maximum atomic E-state index is 15.0. The zero-order valence-corrected chi connectivity index (χ0v) is 44.8. The molecule has 0 spiro atoms. The second-order valence-corrected chi connectivity index (χ2v) is 19.0. The van der Waals surface area contributed by atoms with Crippen molar-refractivity contribution in [1.82, 2.24) is 29.4 Å². The van der Waals surface area contributed by atoms with Crippen LogP contribution in [-0.2, 0) is 37.8 Å². The number of benzene rings is 2. The number of aliphatic hydroxyl groups is 1. The van der Waals surface area contributed by atoms with E-state index in [4.69, 9.17) is 33.4 Å². The molecule has 9 rings (SSSR count). The lowest BCUT2D eigenvalue weighted by molar-refractivity contribution is -0.120. The number of amides is 4. The second-order valence-electron chi connectivity index (χ2n) is 18.1. The number of nitrogens with one attached hydrogen (secondary N) is 2. The molecule has 4 aromatic heterocycles. The molecule has 7 heterocycles. The molecule has 0 unspecified atom stereocenters. The van der Waals surface area contributed by atoms with E-state index in [1.165, 1.54) is 42.0 Å². The van der Waals surface area contributed by atoms with Gasteiger partial charge in [0.2, 0.25) is 11.8 Å². The maximum Gasteiger partial charge on any atom is 0.497 e. The number of pyridine rings is 2. The Labute approximate surface area is 445 Å². The van der Waals surface area contributed by atoms with Crippen molar-refractivity contribution in [2.24, 2.45) is 0 Å². The Morgan fingerprint density at radius 1 is 0.697 bits per heavy atom. The monoisotopic (exact) mass is 1120 g/mol. The molecular formula is C51H58BBrF2N8O13. The number of esters is 2. The quantitative estimate of drug-likeness (QED) is 0.0697. The number of hydrogen-bond donors (Lipinski definition) is 3. The fourth-order valence-electron chi connectivity index (χ4n) is 7.67. The molecule has 4 amide bonds. The van der Waals surface area contributed by atoms with Crippen molar-refractivity contribution in [3.63, 3.8) is 0 Å². The van der Waals surface area contributed by atoms with Crippen LogP contribution in [-0.4, -0.2) is 137 Å². The number of rotatable bonds is 12. The Kier molecular flexibility index (Phi) is 18.9. The minimum atomic E-state index is -0.818. The molecule has 0 bridgehead atoms. The van der Waals surface area contributed by atoms with Crippen LogP contribution in [0.15, 0.2) is 89.9 Å². The van der Waals surface area contributed by atoms with Gasteiger partial charge in [-0.15, -0.1) is 0 Å².